The summed E-state index contributed by atoms with van der Waals surface area (Å²) in [6.45, 7) is 2.56. The number of para-hydroxylation sites is 1. The number of likely N-dealkylation sites (N-methyl/N-ethyl adjacent to an activating group) is 1. The van der Waals surface area contributed by atoms with E-state index in [0.29, 0.717) is 12.3 Å². The Bertz CT molecular complexity index is 963. The maximum atomic E-state index is 12.4. The van der Waals surface area contributed by atoms with E-state index in [-0.39, 0.29) is 28.9 Å². The third-order valence-corrected chi connectivity index (χ3v) is 5.76. The molecule has 0 saturated heterocycles. The van der Waals surface area contributed by atoms with Crippen molar-refractivity contribution in [1.82, 2.24) is 9.62 Å². The van der Waals surface area contributed by atoms with Crippen LogP contribution in [0.1, 0.15) is 18.5 Å². The standard InChI is InChI=1S/C19H26N4O5S/c1-14(16-7-5-6-8-19(16)28-4)21-17-10-9-15(13-18(17)23(24)25)29(26,27)20-11-12-22(2)3/h5-10,13-14,20-21H,11-12H2,1-4H3. The normalized spacial score (nSPS) is 12.6. The molecule has 10 heteroatoms. The fraction of sp³-hybridized carbons (Fsp3) is 0.368. The van der Waals surface area contributed by atoms with Crippen molar-refractivity contribution >= 4 is 21.4 Å². The molecule has 0 saturated carbocycles. The molecule has 0 fully saturated rings. The van der Waals surface area contributed by atoms with E-state index in [9.17, 15) is 18.5 Å². The summed E-state index contributed by atoms with van der Waals surface area (Å²) in [5.74, 6) is 0.652. The first-order valence-corrected chi connectivity index (χ1v) is 10.5. The Labute approximate surface area is 170 Å². The largest absolute Gasteiger partial charge is 0.496 e. The van der Waals surface area contributed by atoms with Gasteiger partial charge in [-0.3, -0.25) is 10.1 Å². The average molecular weight is 423 g/mol. The molecular formula is C19H26N4O5S. The third-order valence-electron chi connectivity index (χ3n) is 4.30. The lowest BCUT2D eigenvalue weighted by Gasteiger charge is -2.18. The Balaban J connectivity index is 2.29. The van der Waals surface area contributed by atoms with Gasteiger partial charge in [0.25, 0.3) is 5.69 Å². The van der Waals surface area contributed by atoms with Crippen LogP contribution in [0, 0.1) is 10.1 Å². The second-order valence-corrected chi connectivity index (χ2v) is 8.51. The highest BCUT2D eigenvalue weighted by atomic mass is 32.2. The smallest absolute Gasteiger partial charge is 0.293 e. The number of methoxy groups -OCH3 is 1. The number of hydrogen-bond donors (Lipinski definition) is 2. The van der Waals surface area contributed by atoms with Crippen LogP contribution in [0.3, 0.4) is 0 Å². The summed E-state index contributed by atoms with van der Waals surface area (Å²) in [7, 11) is 1.35. The molecule has 0 aliphatic heterocycles. The van der Waals surface area contributed by atoms with Crippen LogP contribution in [0.25, 0.3) is 0 Å². The zero-order valence-electron chi connectivity index (χ0n) is 16.9. The second kappa shape index (κ2) is 9.68. The molecule has 2 N–H and O–H groups in total. The molecule has 9 nitrogen and oxygen atoms in total. The molecule has 1 unspecified atom stereocenters. The van der Waals surface area contributed by atoms with Crippen molar-refractivity contribution in [3.8, 4) is 5.75 Å². The van der Waals surface area contributed by atoms with Gasteiger partial charge in [-0.1, -0.05) is 18.2 Å². The van der Waals surface area contributed by atoms with Crippen molar-refractivity contribution in [3.63, 3.8) is 0 Å². The van der Waals surface area contributed by atoms with Gasteiger partial charge in [-0.25, -0.2) is 13.1 Å². The molecule has 2 aromatic rings. The van der Waals surface area contributed by atoms with Crippen molar-refractivity contribution in [2.75, 3.05) is 39.6 Å². The first-order valence-electron chi connectivity index (χ1n) is 8.98. The van der Waals surface area contributed by atoms with Gasteiger partial charge in [0, 0.05) is 24.7 Å². The van der Waals surface area contributed by atoms with Gasteiger partial charge in [-0.05, 0) is 39.2 Å². The highest BCUT2D eigenvalue weighted by molar-refractivity contribution is 7.89. The quantitative estimate of drug-likeness (QED) is 0.447. The van der Waals surface area contributed by atoms with Crippen molar-refractivity contribution in [2.24, 2.45) is 0 Å². The number of rotatable bonds is 10. The van der Waals surface area contributed by atoms with Crippen LogP contribution in [-0.4, -0.2) is 52.5 Å². The van der Waals surface area contributed by atoms with Crippen molar-refractivity contribution in [3.05, 3.63) is 58.1 Å². The van der Waals surface area contributed by atoms with Gasteiger partial charge in [-0.15, -0.1) is 0 Å². The lowest BCUT2D eigenvalue weighted by Crippen LogP contribution is -2.31. The Hall–Kier alpha value is -2.69. The Kier molecular flexibility index (Phi) is 7.54. The van der Waals surface area contributed by atoms with Gasteiger partial charge in [0.1, 0.15) is 11.4 Å². The van der Waals surface area contributed by atoms with Crippen LogP contribution in [0.15, 0.2) is 47.4 Å². The number of nitrogens with one attached hydrogen (secondary N) is 2. The summed E-state index contributed by atoms with van der Waals surface area (Å²) in [5, 5.41) is 14.6. The van der Waals surface area contributed by atoms with Crippen LogP contribution >= 0.6 is 0 Å². The monoisotopic (exact) mass is 422 g/mol. The molecule has 0 aliphatic rings. The fourth-order valence-corrected chi connectivity index (χ4v) is 3.81. The first-order chi connectivity index (χ1) is 13.7. The van der Waals surface area contributed by atoms with Crippen molar-refractivity contribution in [2.45, 2.75) is 17.9 Å². The molecule has 2 rings (SSSR count). The molecule has 0 heterocycles. The second-order valence-electron chi connectivity index (χ2n) is 6.75. The maximum Gasteiger partial charge on any atom is 0.293 e. The van der Waals surface area contributed by atoms with Crippen LogP contribution in [0.5, 0.6) is 5.75 Å². The van der Waals surface area contributed by atoms with Crippen LogP contribution in [0.4, 0.5) is 11.4 Å². The predicted molar refractivity (Wildman–Crippen MR) is 112 cm³/mol. The van der Waals surface area contributed by atoms with Crippen molar-refractivity contribution < 1.29 is 18.1 Å². The number of nitro groups is 1. The topological polar surface area (TPSA) is 114 Å². The van der Waals surface area contributed by atoms with Gasteiger partial charge >= 0.3 is 0 Å². The van der Waals surface area contributed by atoms with Crippen LogP contribution < -0.4 is 14.8 Å². The van der Waals surface area contributed by atoms with E-state index >= 15 is 0 Å². The number of anilines is 1. The van der Waals surface area contributed by atoms with Crippen molar-refractivity contribution in [1.29, 1.82) is 0 Å². The molecule has 1 atom stereocenters. The third kappa shape index (κ3) is 5.89. The van der Waals surface area contributed by atoms with E-state index in [4.69, 9.17) is 4.74 Å². The summed E-state index contributed by atoms with van der Waals surface area (Å²) in [5.41, 5.74) is 0.731. The van der Waals surface area contributed by atoms with E-state index in [1.165, 1.54) is 12.1 Å². The van der Waals surface area contributed by atoms with Gasteiger partial charge in [0.05, 0.1) is 23.0 Å². The molecule has 0 spiro atoms. The van der Waals surface area contributed by atoms with Gasteiger partial charge in [0.15, 0.2) is 0 Å². The molecule has 158 valence electrons. The van der Waals surface area contributed by atoms with Gasteiger partial charge < -0.3 is 15.0 Å². The number of sulfonamides is 1. The van der Waals surface area contributed by atoms with E-state index in [1.807, 2.05) is 44.1 Å². The SMILES string of the molecule is COc1ccccc1C(C)Nc1ccc(S(=O)(=O)NCCN(C)C)cc1[N+](=O)[O-]. The minimum Gasteiger partial charge on any atom is -0.496 e. The molecule has 0 radical (unpaired) electrons. The highest BCUT2D eigenvalue weighted by Gasteiger charge is 2.23. The Morgan fingerprint density at radius 1 is 1.21 bits per heavy atom. The van der Waals surface area contributed by atoms with E-state index < -0.39 is 14.9 Å². The molecule has 0 aromatic heterocycles. The van der Waals surface area contributed by atoms with Crippen LogP contribution in [-0.2, 0) is 10.0 Å². The number of benzene rings is 2. The van der Waals surface area contributed by atoms with Crippen LogP contribution in [0.2, 0.25) is 0 Å². The zero-order valence-corrected chi connectivity index (χ0v) is 17.7. The number of nitro benzene ring substituents is 1. The lowest BCUT2D eigenvalue weighted by atomic mass is 10.1. The summed E-state index contributed by atoms with van der Waals surface area (Å²) in [4.78, 5) is 12.6. The molecule has 29 heavy (non-hydrogen) atoms. The summed E-state index contributed by atoms with van der Waals surface area (Å²) in [6.07, 6.45) is 0. The molecule has 0 amide bonds. The fourth-order valence-electron chi connectivity index (χ4n) is 2.77. The lowest BCUT2D eigenvalue weighted by molar-refractivity contribution is -0.384. The molecular weight excluding hydrogens is 396 g/mol. The van der Waals surface area contributed by atoms with E-state index in [0.717, 1.165) is 11.6 Å². The van der Waals surface area contributed by atoms with E-state index in [2.05, 4.69) is 10.0 Å². The van der Waals surface area contributed by atoms with E-state index in [1.54, 1.807) is 13.2 Å². The Morgan fingerprint density at radius 2 is 1.90 bits per heavy atom. The Morgan fingerprint density at radius 3 is 2.52 bits per heavy atom. The van der Waals surface area contributed by atoms with Gasteiger partial charge in [0.2, 0.25) is 10.0 Å². The number of hydrogen-bond acceptors (Lipinski definition) is 7. The maximum absolute atomic E-state index is 12.4. The minimum atomic E-state index is -3.85. The zero-order chi connectivity index (χ0) is 21.6. The first kappa shape index (κ1) is 22.6. The average Bonchev–Trinajstić information content (AvgIpc) is 2.67. The molecule has 2 aromatic carbocycles. The molecule has 0 aliphatic carbocycles. The highest BCUT2D eigenvalue weighted by Crippen LogP contribution is 2.33. The predicted octanol–water partition coefficient (Wildman–Crippen LogP) is 2.62. The molecule has 0 bridgehead atoms. The summed E-state index contributed by atoms with van der Waals surface area (Å²) in [6, 6.07) is 10.9. The minimum absolute atomic E-state index is 0.154. The summed E-state index contributed by atoms with van der Waals surface area (Å²) >= 11 is 0. The number of ether oxygens (including phenoxy) is 1. The number of nitrogens with zero attached hydrogens (tertiary/aromatic N) is 2. The summed E-state index contributed by atoms with van der Waals surface area (Å²) < 4.78 is 32.7. The van der Waals surface area contributed by atoms with Gasteiger partial charge in [-0.2, -0.15) is 0 Å².